The highest BCUT2D eigenvalue weighted by Crippen LogP contribution is 2.33. The van der Waals surface area contributed by atoms with Crippen molar-refractivity contribution in [1.29, 1.82) is 0 Å². The van der Waals surface area contributed by atoms with Crippen molar-refractivity contribution in [3.05, 3.63) is 30.0 Å². The molecule has 2 aliphatic rings. The number of fused-ring (bicyclic) bond motifs is 1. The van der Waals surface area contributed by atoms with Gasteiger partial charge in [-0.1, -0.05) is 0 Å². The van der Waals surface area contributed by atoms with Crippen molar-refractivity contribution in [2.45, 2.75) is 25.8 Å². The van der Waals surface area contributed by atoms with Gasteiger partial charge in [0.2, 0.25) is 0 Å². The maximum absolute atomic E-state index is 12.7. The smallest absolute Gasteiger partial charge is 0.341 e. The third kappa shape index (κ3) is 4.23. The lowest BCUT2D eigenvalue weighted by Crippen LogP contribution is -2.54. The molecule has 7 heteroatoms. The molecule has 0 bridgehead atoms. The monoisotopic (exact) mass is 412 g/mol. The van der Waals surface area contributed by atoms with Crippen molar-refractivity contribution in [1.82, 2.24) is 14.8 Å². The molecular weight excluding hydrogens is 380 g/mol. The number of esters is 1. The fourth-order valence-electron chi connectivity index (χ4n) is 4.73. The minimum atomic E-state index is -0.318. The fourth-order valence-corrected chi connectivity index (χ4v) is 4.73. The van der Waals surface area contributed by atoms with Gasteiger partial charge in [0.15, 0.2) is 0 Å². The number of nitrogens with zero attached hydrogens (tertiary/aromatic N) is 4. The number of piperidine rings is 1. The molecule has 0 aliphatic carbocycles. The van der Waals surface area contributed by atoms with Gasteiger partial charge in [0.1, 0.15) is 11.3 Å². The topological polar surface area (TPSA) is 58.1 Å². The zero-order chi connectivity index (χ0) is 21.1. The first-order valence-corrected chi connectivity index (χ1v) is 10.9. The largest absolute Gasteiger partial charge is 0.497 e. The molecule has 1 atom stereocenters. The van der Waals surface area contributed by atoms with Gasteiger partial charge in [-0.2, -0.15) is 0 Å². The third-order valence-corrected chi connectivity index (χ3v) is 6.29. The summed E-state index contributed by atoms with van der Waals surface area (Å²) in [5.74, 6) is 0.441. The van der Waals surface area contributed by atoms with Crippen molar-refractivity contribution >= 4 is 22.6 Å². The zero-order valence-electron chi connectivity index (χ0n) is 18.3. The van der Waals surface area contributed by atoms with Crippen LogP contribution in [0.25, 0.3) is 10.9 Å². The van der Waals surface area contributed by atoms with E-state index in [2.05, 4.69) is 26.7 Å². The number of carbonyl (C=O) groups is 1. The van der Waals surface area contributed by atoms with E-state index in [1.807, 2.05) is 25.1 Å². The summed E-state index contributed by atoms with van der Waals surface area (Å²) in [5, 5.41) is 0.936. The van der Waals surface area contributed by atoms with E-state index in [0.717, 1.165) is 55.1 Å². The predicted octanol–water partition coefficient (Wildman–Crippen LogP) is 2.64. The van der Waals surface area contributed by atoms with Gasteiger partial charge in [0.05, 0.1) is 24.9 Å². The first kappa shape index (κ1) is 20.9. The van der Waals surface area contributed by atoms with Gasteiger partial charge < -0.3 is 19.3 Å². The highest BCUT2D eigenvalue weighted by Gasteiger charge is 2.29. The molecule has 1 aromatic heterocycles. The van der Waals surface area contributed by atoms with Gasteiger partial charge in [0, 0.05) is 50.3 Å². The number of ether oxygens (including phenoxy) is 2. The van der Waals surface area contributed by atoms with Crippen molar-refractivity contribution in [3.63, 3.8) is 0 Å². The molecule has 2 fully saturated rings. The summed E-state index contributed by atoms with van der Waals surface area (Å²) >= 11 is 0. The zero-order valence-corrected chi connectivity index (χ0v) is 18.3. The number of benzene rings is 1. The van der Waals surface area contributed by atoms with E-state index in [0.29, 0.717) is 18.2 Å². The van der Waals surface area contributed by atoms with Crippen LogP contribution in [-0.4, -0.2) is 86.8 Å². The Bertz CT molecular complexity index is 895. The standard InChI is InChI=1S/C23H32N4O3/c1-4-30-23(28)20-15-24-21-8-7-18(29-3)14-19(21)22(20)27-12-10-26(11-13-27)17-6-5-9-25(2)16-17/h7-8,14-15,17H,4-6,9-13,16H2,1-3H3. The number of carbonyl (C=O) groups excluding carboxylic acids is 1. The van der Waals surface area contributed by atoms with Crippen molar-refractivity contribution in [2.75, 3.05) is 64.9 Å². The van der Waals surface area contributed by atoms with Crippen LogP contribution in [0, 0.1) is 0 Å². The SMILES string of the molecule is CCOC(=O)c1cnc2ccc(OC)cc2c1N1CCN(C2CCCN(C)C2)CC1. The van der Waals surface area contributed by atoms with E-state index in [1.54, 1.807) is 13.3 Å². The number of anilines is 1. The van der Waals surface area contributed by atoms with Crippen LogP contribution >= 0.6 is 0 Å². The van der Waals surface area contributed by atoms with Gasteiger partial charge in [0.25, 0.3) is 0 Å². The molecule has 2 saturated heterocycles. The summed E-state index contributed by atoms with van der Waals surface area (Å²) in [6, 6.07) is 6.45. The number of pyridine rings is 1. The van der Waals surface area contributed by atoms with Gasteiger partial charge >= 0.3 is 5.97 Å². The molecule has 4 rings (SSSR count). The number of rotatable bonds is 5. The summed E-state index contributed by atoms with van der Waals surface area (Å²) in [6.07, 6.45) is 4.20. The fraction of sp³-hybridized carbons (Fsp3) is 0.565. The van der Waals surface area contributed by atoms with E-state index in [-0.39, 0.29) is 5.97 Å². The second-order valence-electron chi connectivity index (χ2n) is 8.21. The number of methoxy groups -OCH3 is 1. The molecular formula is C23H32N4O3. The van der Waals surface area contributed by atoms with Gasteiger partial charge in [-0.05, 0) is 51.6 Å². The predicted molar refractivity (Wildman–Crippen MR) is 119 cm³/mol. The van der Waals surface area contributed by atoms with Crippen LogP contribution in [0.5, 0.6) is 5.75 Å². The molecule has 30 heavy (non-hydrogen) atoms. The Hall–Kier alpha value is -2.38. The first-order valence-electron chi connectivity index (χ1n) is 10.9. The van der Waals surface area contributed by atoms with Crippen molar-refractivity contribution < 1.29 is 14.3 Å². The third-order valence-electron chi connectivity index (χ3n) is 6.29. The Kier molecular flexibility index (Phi) is 6.39. The molecule has 1 unspecified atom stereocenters. The Morgan fingerprint density at radius 3 is 2.70 bits per heavy atom. The molecule has 162 valence electrons. The van der Waals surface area contributed by atoms with Crippen LogP contribution in [-0.2, 0) is 4.74 Å². The number of piperazine rings is 1. The maximum Gasteiger partial charge on any atom is 0.341 e. The molecule has 0 radical (unpaired) electrons. The van der Waals surface area contributed by atoms with Crippen molar-refractivity contribution in [2.24, 2.45) is 0 Å². The summed E-state index contributed by atoms with van der Waals surface area (Å²) in [5.41, 5.74) is 2.30. The second kappa shape index (κ2) is 9.18. The minimum absolute atomic E-state index is 0.318. The molecule has 2 aromatic rings. The Labute approximate surface area is 178 Å². The van der Waals surface area contributed by atoms with Crippen LogP contribution in [0.15, 0.2) is 24.4 Å². The molecule has 2 aliphatic heterocycles. The lowest BCUT2D eigenvalue weighted by atomic mass is 10.0. The lowest BCUT2D eigenvalue weighted by Gasteiger charge is -2.43. The molecule has 3 heterocycles. The Balaban J connectivity index is 1.63. The molecule has 0 N–H and O–H groups in total. The summed E-state index contributed by atoms with van der Waals surface area (Å²) in [6.45, 7) is 8.26. The Morgan fingerprint density at radius 1 is 1.20 bits per heavy atom. The number of likely N-dealkylation sites (tertiary alicyclic amines) is 1. The highest BCUT2D eigenvalue weighted by atomic mass is 16.5. The van der Waals surface area contributed by atoms with Crippen LogP contribution < -0.4 is 9.64 Å². The molecule has 0 saturated carbocycles. The normalized spacial score (nSPS) is 21.0. The van der Waals surface area contributed by atoms with Crippen molar-refractivity contribution in [3.8, 4) is 5.75 Å². The van der Waals surface area contributed by atoms with Crippen LogP contribution in [0.3, 0.4) is 0 Å². The van der Waals surface area contributed by atoms with E-state index in [9.17, 15) is 4.79 Å². The quantitative estimate of drug-likeness (QED) is 0.700. The first-order chi connectivity index (χ1) is 14.6. The van der Waals surface area contributed by atoms with E-state index < -0.39 is 0 Å². The van der Waals surface area contributed by atoms with Crippen LogP contribution in [0.1, 0.15) is 30.1 Å². The molecule has 0 amide bonds. The minimum Gasteiger partial charge on any atom is -0.497 e. The molecule has 1 aromatic carbocycles. The average Bonchev–Trinajstić information content (AvgIpc) is 2.78. The Morgan fingerprint density at radius 2 is 2.00 bits per heavy atom. The highest BCUT2D eigenvalue weighted by molar-refractivity contribution is 6.05. The average molecular weight is 413 g/mol. The van der Waals surface area contributed by atoms with Gasteiger partial charge in [-0.25, -0.2) is 4.79 Å². The lowest BCUT2D eigenvalue weighted by molar-refractivity contribution is 0.0526. The number of hydrogen-bond acceptors (Lipinski definition) is 7. The van der Waals surface area contributed by atoms with Gasteiger partial charge in [-0.15, -0.1) is 0 Å². The van der Waals surface area contributed by atoms with Crippen LogP contribution in [0.4, 0.5) is 5.69 Å². The van der Waals surface area contributed by atoms with Crippen LogP contribution in [0.2, 0.25) is 0 Å². The summed E-state index contributed by atoms with van der Waals surface area (Å²) in [4.78, 5) is 24.6. The van der Waals surface area contributed by atoms with Gasteiger partial charge in [-0.3, -0.25) is 9.88 Å². The second-order valence-corrected chi connectivity index (χ2v) is 8.21. The number of hydrogen-bond donors (Lipinski definition) is 0. The summed E-state index contributed by atoms with van der Waals surface area (Å²) in [7, 11) is 3.87. The molecule has 0 spiro atoms. The maximum atomic E-state index is 12.7. The summed E-state index contributed by atoms with van der Waals surface area (Å²) < 4.78 is 10.8. The number of likely N-dealkylation sites (N-methyl/N-ethyl adjacent to an activating group) is 1. The molecule has 7 nitrogen and oxygen atoms in total. The van der Waals surface area contributed by atoms with E-state index in [1.165, 1.54) is 19.4 Å². The van der Waals surface area contributed by atoms with E-state index in [4.69, 9.17) is 9.47 Å². The van der Waals surface area contributed by atoms with E-state index >= 15 is 0 Å². The number of aromatic nitrogens is 1.